The zero-order valence-corrected chi connectivity index (χ0v) is 15.9. The molecule has 0 heterocycles. The van der Waals surface area contributed by atoms with Crippen molar-refractivity contribution in [2.24, 2.45) is 5.84 Å². The lowest BCUT2D eigenvalue weighted by atomic mass is 10.3. The molecule has 0 unspecified atom stereocenters. The van der Waals surface area contributed by atoms with Crippen molar-refractivity contribution in [3.05, 3.63) is 109 Å². The van der Waals surface area contributed by atoms with Crippen molar-refractivity contribution in [1.29, 1.82) is 0 Å². The normalized spacial score (nSPS) is 9.69. The van der Waals surface area contributed by atoms with Gasteiger partial charge in [-0.05, 0) is 48.5 Å². The van der Waals surface area contributed by atoms with Gasteiger partial charge in [-0.1, -0.05) is 48.5 Å². The number of nitrogens with two attached hydrogens (primary N) is 2. The van der Waals surface area contributed by atoms with Crippen molar-refractivity contribution >= 4 is 11.4 Å². The maximum Gasteiger partial charge on any atom is 0.129 e. The Morgan fingerprint density at radius 1 is 0.517 bits per heavy atom. The molecule has 0 saturated heterocycles. The van der Waals surface area contributed by atoms with Crippen molar-refractivity contribution in [3.63, 3.8) is 0 Å². The molecule has 0 aliphatic heterocycles. The van der Waals surface area contributed by atoms with E-state index in [-0.39, 0.29) is 0 Å². The minimum absolute atomic E-state index is 0.707. The van der Waals surface area contributed by atoms with E-state index >= 15 is 0 Å². The van der Waals surface area contributed by atoms with Crippen LogP contribution in [-0.2, 0) is 0 Å². The lowest BCUT2D eigenvalue weighted by molar-refractivity contribution is 0.482. The van der Waals surface area contributed by atoms with Crippen LogP contribution in [0, 0.1) is 0 Å². The van der Waals surface area contributed by atoms with Gasteiger partial charge >= 0.3 is 0 Å². The van der Waals surface area contributed by atoms with E-state index in [1.807, 2.05) is 103 Å². The second-order valence-electron chi connectivity index (χ2n) is 6.07. The molecule has 0 saturated carbocycles. The summed E-state index contributed by atoms with van der Waals surface area (Å²) in [6.07, 6.45) is 0. The fourth-order valence-corrected chi connectivity index (χ4v) is 2.48. The number of anilines is 2. The summed E-state index contributed by atoms with van der Waals surface area (Å²) in [7, 11) is 0. The summed E-state index contributed by atoms with van der Waals surface area (Å²) in [5.74, 6) is 8.46. The first-order valence-corrected chi connectivity index (χ1v) is 9.11. The molecule has 0 aromatic heterocycles. The van der Waals surface area contributed by atoms with E-state index in [2.05, 4.69) is 5.43 Å². The molecule has 0 atom stereocenters. The van der Waals surface area contributed by atoms with Gasteiger partial charge < -0.3 is 20.6 Å². The molecule has 4 rings (SSSR count). The van der Waals surface area contributed by atoms with Crippen LogP contribution in [0.2, 0.25) is 0 Å². The van der Waals surface area contributed by atoms with E-state index in [1.54, 1.807) is 6.07 Å². The SMILES string of the molecule is NNc1cccc(Oc2ccccc2)c1.Nc1cccc(Oc2ccccc2)c1. The highest BCUT2D eigenvalue weighted by atomic mass is 16.5. The molecule has 4 aromatic carbocycles. The molecule has 4 aromatic rings. The van der Waals surface area contributed by atoms with E-state index in [0.29, 0.717) is 5.69 Å². The molecule has 5 nitrogen and oxygen atoms in total. The first-order chi connectivity index (χ1) is 14.2. The molecule has 0 amide bonds. The maximum absolute atomic E-state index is 5.63. The van der Waals surface area contributed by atoms with Crippen LogP contribution in [0.4, 0.5) is 11.4 Å². The Kier molecular flexibility index (Phi) is 7.09. The van der Waals surface area contributed by atoms with Crippen LogP contribution in [0.25, 0.3) is 0 Å². The average Bonchev–Trinajstić information content (AvgIpc) is 2.76. The summed E-state index contributed by atoms with van der Waals surface area (Å²) in [6, 6.07) is 34.1. The highest BCUT2D eigenvalue weighted by Gasteiger charge is 1.97. The highest BCUT2D eigenvalue weighted by Crippen LogP contribution is 2.23. The smallest absolute Gasteiger partial charge is 0.129 e. The number of benzene rings is 4. The number of rotatable bonds is 5. The van der Waals surface area contributed by atoms with Crippen LogP contribution in [0.1, 0.15) is 0 Å². The van der Waals surface area contributed by atoms with Gasteiger partial charge in [-0.25, -0.2) is 0 Å². The number of hydrogen-bond donors (Lipinski definition) is 3. The molecule has 5 N–H and O–H groups in total. The molecular formula is C24H23N3O2. The number of hydrazine groups is 1. The number of hydrogen-bond acceptors (Lipinski definition) is 5. The molecule has 0 radical (unpaired) electrons. The van der Waals surface area contributed by atoms with Crippen molar-refractivity contribution < 1.29 is 9.47 Å². The van der Waals surface area contributed by atoms with Crippen molar-refractivity contribution in [2.75, 3.05) is 11.2 Å². The van der Waals surface area contributed by atoms with Crippen molar-refractivity contribution in [1.82, 2.24) is 0 Å². The van der Waals surface area contributed by atoms with E-state index in [0.717, 1.165) is 28.7 Å². The van der Waals surface area contributed by atoms with Gasteiger partial charge in [0, 0.05) is 17.8 Å². The van der Waals surface area contributed by atoms with Gasteiger partial charge in [0.25, 0.3) is 0 Å². The maximum atomic E-state index is 5.63. The quantitative estimate of drug-likeness (QED) is 0.229. The minimum atomic E-state index is 0.707. The second kappa shape index (κ2) is 10.4. The van der Waals surface area contributed by atoms with E-state index < -0.39 is 0 Å². The summed E-state index contributed by atoms with van der Waals surface area (Å²) >= 11 is 0. The fraction of sp³-hybridized carbons (Fsp3) is 0. The van der Waals surface area contributed by atoms with E-state index in [1.165, 1.54) is 0 Å². The Bertz CT molecular complexity index is 1010. The van der Waals surface area contributed by atoms with E-state index in [4.69, 9.17) is 21.1 Å². The number of ether oxygens (including phenoxy) is 2. The highest BCUT2D eigenvalue weighted by molar-refractivity contribution is 5.48. The molecule has 5 heteroatoms. The topological polar surface area (TPSA) is 82.5 Å². The summed E-state index contributed by atoms with van der Waals surface area (Å²) in [5.41, 5.74) is 9.73. The summed E-state index contributed by atoms with van der Waals surface area (Å²) < 4.78 is 11.2. The van der Waals surface area contributed by atoms with Crippen LogP contribution in [0.15, 0.2) is 109 Å². The Labute approximate surface area is 170 Å². The molecule has 0 fully saturated rings. The molecule has 0 aliphatic carbocycles. The third-order valence-corrected chi connectivity index (χ3v) is 3.82. The van der Waals surface area contributed by atoms with Gasteiger partial charge in [-0.2, -0.15) is 0 Å². The Balaban J connectivity index is 0.000000166. The van der Waals surface area contributed by atoms with Gasteiger partial charge in [-0.3, -0.25) is 5.84 Å². The summed E-state index contributed by atoms with van der Waals surface area (Å²) in [6.45, 7) is 0. The fourth-order valence-electron chi connectivity index (χ4n) is 2.48. The Morgan fingerprint density at radius 2 is 1.00 bits per heavy atom. The predicted molar refractivity (Wildman–Crippen MR) is 118 cm³/mol. The molecule has 146 valence electrons. The monoisotopic (exact) mass is 385 g/mol. The zero-order chi connectivity index (χ0) is 20.3. The summed E-state index contributed by atoms with van der Waals surface area (Å²) in [4.78, 5) is 0. The first kappa shape index (κ1) is 19.8. The second-order valence-corrected chi connectivity index (χ2v) is 6.07. The lowest BCUT2D eigenvalue weighted by Gasteiger charge is -2.06. The molecule has 0 aliphatic rings. The first-order valence-electron chi connectivity index (χ1n) is 9.11. The third-order valence-electron chi connectivity index (χ3n) is 3.82. The predicted octanol–water partition coefficient (Wildman–Crippen LogP) is 5.83. The average molecular weight is 385 g/mol. The van der Waals surface area contributed by atoms with Gasteiger partial charge in [0.05, 0.1) is 5.69 Å². The van der Waals surface area contributed by atoms with Gasteiger partial charge in [0.1, 0.15) is 23.0 Å². The number of nitrogens with one attached hydrogen (secondary N) is 1. The Hall–Kier alpha value is -3.96. The number of para-hydroxylation sites is 2. The molecule has 0 bridgehead atoms. The van der Waals surface area contributed by atoms with E-state index in [9.17, 15) is 0 Å². The molecule has 29 heavy (non-hydrogen) atoms. The van der Waals surface area contributed by atoms with Gasteiger partial charge in [0.2, 0.25) is 0 Å². The van der Waals surface area contributed by atoms with Gasteiger partial charge in [-0.15, -0.1) is 0 Å². The largest absolute Gasteiger partial charge is 0.457 e. The standard InChI is InChI=1S/C12H12N2O.C12H11NO/c13-14-10-5-4-8-12(9-10)15-11-6-2-1-3-7-11;13-10-5-4-8-12(9-10)14-11-6-2-1-3-7-11/h1-9,14H,13H2;1-9H,13H2. The van der Waals surface area contributed by atoms with Crippen molar-refractivity contribution in [3.8, 4) is 23.0 Å². The lowest BCUT2D eigenvalue weighted by Crippen LogP contribution is -2.06. The van der Waals surface area contributed by atoms with Crippen LogP contribution >= 0.6 is 0 Å². The Morgan fingerprint density at radius 3 is 1.52 bits per heavy atom. The zero-order valence-electron chi connectivity index (χ0n) is 15.9. The number of nitrogen functional groups attached to an aromatic ring is 2. The minimum Gasteiger partial charge on any atom is -0.457 e. The summed E-state index contributed by atoms with van der Waals surface area (Å²) in [5, 5.41) is 0. The van der Waals surface area contributed by atoms with Gasteiger partial charge in [0.15, 0.2) is 0 Å². The van der Waals surface area contributed by atoms with Crippen LogP contribution < -0.4 is 26.5 Å². The van der Waals surface area contributed by atoms with Crippen LogP contribution in [0.3, 0.4) is 0 Å². The third kappa shape index (κ3) is 6.61. The van der Waals surface area contributed by atoms with Crippen LogP contribution in [-0.4, -0.2) is 0 Å². The molecule has 0 spiro atoms. The molecular weight excluding hydrogens is 362 g/mol. The van der Waals surface area contributed by atoms with Crippen LogP contribution in [0.5, 0.6) is 23.0 Å². The van der Waals surface area contributed by atoms with Crippen molar-refractivity contribution in [2.45, 2.75) is 0 Å².